The molecule has 11 aromatic rings. The zero-order valence-corrected chi connectivity index (χ0v) is 40.2. The lowest BCUT2D eigenvalue weighted by molar-refractivity contribution is 0.332. The normalized spacial score (nSPS) is 15.4. The van der Waals surface area contributed by atoms with Crippen LogP contribution in [0.15, 0.2) is 224 Å². The maximum atomic E-state index is 2.57. The standard InChI is InChI=1S/C69H53N/c1-67(2)38-39-68(3,4)65-40-46(34-37-63(65)67)44-30-32-45(33-31-44)57-42-59-56-26-14-17-29-62(56)69(60-27-15-12-24-54(60)55-25-13-16-28-61(55)69)64(59)43-66(57)70(47-18-6-5-7-19-47)48-35-36-53-51-22-9-8-20-49(51)50-21-10-11-23-52(50)58(53)41-48/h5-37,40-43H,38-39H2,1-4H3. The van der Waals surface area contributed by atoms with Gasteiger partial charge in [-0.1, -0.05) is 216 Å². The highest BCUT2D eigenvalue weighted by Crippen LogP contribution is 2.64. The summed E-state index contributed by atoms with van der Waals surface area (Å²) in [5.74, 6) is 0. The molecule has 0 fully saturated rings. The average molecular weight is 896 g/mol. The van der Waals surface area contributed by atoms with E-state index >= 15 is 0 Å². The Morgan fingerprint density at radius 1 is 0.286 bits per heavy atom. The first-order valence-corrected chi connectivity index (χ1v) is 25.1. The van der Waals surface area contributed by atoms with Crippen LogP contribution in [0.5, 0.6) is 0 Å². The van der Waals surface area contributed by atoms with Crippen molar-refractivity contribution in [2.45, 2.75) is 56.8 Å². The Balaban J connectivity index is 1.05. The van der Waals surface area contributed by atoms with E-state index in [1.54, 1.807) is 0 Å². The lowest BCUT2D eigenvalue weighted by Crippen LogP contribution is -2.33. The molecule has 0 atom stereocenters. The minimum absolute atomic E-state index is 0.136. The van der Waals surface area contributed by atoms with Crippen LogP contribution in [0.1, 0.15) is 73.9 Å². The van der Waals surface area contributed by atoms with Gasteiger partial charge in [0.25, 0.3) is 0 Å². The minimum atomic E-state index is -0.494. The molecule has 0 aromatic heterocycles. The minimum Gasteiger partial charge on any atom is -0.310 e. The number of nitrogens with zero attached hydrogens (tertiary/aromatic N) is 1. The molecule has 1 heteroatoms. The fraction of sp³-hybridized carbons (Fsp3) is 0.130. The summed E-state index contributed by atoms with van der Waals surface area (Å²) in [6.07, 6.45) is 2.40. The molecule has 3 aliphatic carbocycles. The Bertz CT molecular complexity index is 3860. The van der Waals surface area contributed by atoms with Crippen LogP contribution in [-0.4, -0.2) is 0 Å². The van der Waals surface area contributed by atoms with E-state index < -0.39 is 5.41 Å². The van der Waals surface area contributed by atoms with Crippen molar-refractivity contribution in [1.29, 1.82) is 0 Å². The van der Waals surface area contributed by atoms with Crippen LogP contribution in [-0.2, 0) is 16.2 Å². The molecule has 70 heavy (non-hydrogen) atoms. The first kappa shape index (κ1) is 41.0. The lowest BCUT2D eigenvalue weighted by atomic mass is 9.63. The smallest absolute Gasteiger partial charge is 0.0726 e. The zero-order valence-electron chi connectivity index (χ0n) is 40.2. The number of hydrogen-bond donors (Lipinski definition) is 0. The summed E-state index contributed by atoms with van der Waals surface area (Å²) in [7, 11) is 0. The maximum Gasteiger partial charge on any atom is 0.0726 e. The second kappa shape index (κ2) is 15.0. The molecule has 334 valence electrons. The Hall–Kier alpha value is -8.00. The molecule has 0 heterocycles. The number of hydrogen-bond acceptors (Lipinski definition) is 1. The lowest BCUT2D eigenvalue weighted by Gasteiger charge is -2.42. The van der Waals surface area contributed by atoms with Gasteiger partial charge in [-0.2, -0.15) is 0 Å². The van der Waals surface area contributed by atoms with Gasteiger partial charge in [0.05, 0.1) is 11.1 Å². The van der Waals surface area contributed by atoms with E-state index in [4.69, 9.17) is 0 Å². The molecule has 0 N–H and O–H groups in total. The van der Waals surface area contributed by atoms with Gasteiger partial charge in [0, 0.05) is 16.9 Å². The maximum absolute atomic E-state index is 2.57. The second-order valence-corrected chi connectivity index (χ2v) is 21.4. The third-order valence-electron chi connectivity index (χ3n) is 16.7. The van der Waals surface area contributed by atoms with Crippen molar-refractivity contribution < 1.29 is 0 Å². The molecule has 1 spiro atoms. The van der Waals surface area contributed by atoms with E-state index in [1.165, 1.54) is 123 Å². The fourth-order valence-corrected chi connectivity index (χ4v) is 13.2. The molecule has 0 bridgehead atoms. The van der Waals surface area contributed by atoms with Crippen LogP contribution in [0.2, 0.25) is 0 Å². The van der Waals surface area contributed by atoms with E-state index in [-0.39, 0.29) is 10.8 Å². The second-order valence-electron chi connectivity index (χ2n) is 21.4. The number of anilines is 3. The van der Waals surface area contributed by atoms with Crippen molar-refractivity contribution in [3.8, 4) is 44.5 Å². The van der Waals surface area contributed by atoms with E-state index in [1.807, 2.05) is 0 Å². The molecule has 0 saturated carbocycles. The Labute approximate surface area is 411 Å². The zero-order chi connectivity index (χ0) is 46.9. The number of benzene rings is 11. The van der Waals surface area contributed by atoms with Gasteiger partial charge in [0.1, 0.15) is 0 Å². The van der Waals surface area contributed by atoms with Crippen LogP contribution >= 0.6 is 0 Å². The fourth-order valence-electron chi connectivity index (χ4n) is 13.2. The molecule has 0 unspecified atom stereocenters. The summed E-state index contributed by atoms with van der Waals surface area (Å²) in [4.78, 5) is 2.53. The van der Waals surface area contributed by atoms with E-state index in [0.29, 0.717) is 0 Å². The number of para-hydroxylation sites is 1. The van der Waals surface area contributed by atoms with Crippen molar-refractivity contribution in [2.75, 3.05) is 4.90 Å². The van der Waals surface area contributed by atoms with Crippen molar-refractivity contribution >= 4 is 49.4 Å². The molecule has 0 amide bonds. The van der Waals surface area contributed by atoms with Gasteiger partial charge in [-0.05, 0) is 165 Å². The van der Waals surface area contributed by atoms with Gasteiger partial charge < -0.3 is 4.90 Å². The third kappa shape index (κ3) is 5.79. The molecule has 0 saturated heterocycles. The average Bonchev–Trinajstić information content (AvgIpc) is 3.87. The Kier molecular flexibility index (Phi) is 8.79. The topological polar surface area (TPSA) is 3.24 Å². The largest absolute Gasteiger partial charge is 0.310 e. The van der Waals surface area contributed by atoms with Crippen LogP contribution in [0.4, 0.5) is 17.1 Å². The summed E-state index contributed by atoms with van der Waals surface area (Å²) >= 11 is 0. The van der Waals surface area contributed by atoms with E-state index in [0.717, 1.165) is 17.1 Å². The molecule has 14 rings (SSSR count). The molecule has 1 nitrogen and oxygen atoms in total. The summed E-state index contributed by atoms with van der Waals surface area (Å²) in [5.41, 5.74) is 21.6. The summed E-state index contributed by atoms with van der Waals surface area (Å²) in [6.45, 7) is 9.67. The van der Waals surface area contributed by atoms with Crippen molar-refractivity contribution in [2.24, 2.45) is 0 Å². The number of fused-ring (bicyclic) bond motifs is 17. The van der Waals surface area contributed by atoms with E-state index in [9.17, 15) is 0 Å². The van der Waals surface area contributed by atoms with Gasteiger partial charge in [-0.25, -0.2) is 0 Å². The molecular formula is C69H53N. The summed E-state index contributed by atoms with van der Waals surface area (Å²) in [5, 5.41) is 7.61. The Morgan fingerprint density at radius 2 is 0.757 bits per heavy atom. The number of rotatable bonds is 5. The first-order chi connectivity index (χ1) is 34.2. The van der Waals surface area contributed by atoms with Gasteiger partial charge in [-0.15, -0.1) is 0 Å². The van der Waals surface area contributed by atoms with Crippen LogP contribution in [0, 0.1) is 0 Å². The summed E-state index contributed by atoms with van der Waals surface area (Å²) in [6, 6.07) is 85.2. The third-order valence-corrected chi connectivity index (χ3v) is 16.7. The van der Waals surface area contributed by atoms with Gasteiger partial charge >= 0.3 is 0 Å². The molecule has 3 aliphatic rings. The molecule has 11 aromatic carbocycles. The quantitative estimate of drug-likeness (QED) is 0.156. The highest BCUT2D eigenvalue weighted by atomic mass is 15.1. The van der Waals surface area contributed by atoms with Crippen molar-refractivity contribution in [1.82, 2.24) is 0 Å². The van der Waals surface area contributed by atoms with Crippen molar-refractivity contribution in [3.05, 3.63) is 258 Å². The predicted octanol–water partition coefficient (Wildman–Crippen LogP) is 18.6. The van der Waals surface area contributed by atoms with Gasteiger partial charge in [0.15, 0.2) is 0 Å². The molecule has 0 radical (unpaired) electrons. The predicted molar refractivity (Wildman–Crippen MR) is 296 cm³/mol. The van der Waals surface area contributed by atoms with Crippen molar-refractivity contribution in [3.63, 3.8) is 0 Å². The monoisotopic (exact) mass is 895 g/mol. The Morgan fingerprint density at radius 3 is 1.36 bits per heavy atom. The highest BCUT2D eigenvalue weighted by Gasteiger charge is 2.52. The highest BCUT2D eigenvalue weighted by molar-refractivity contribution is 6.26. The first-order valence-electron chi connectivity index (χ1n) is 25.1. The SMILES string of the molecule is CC1(C)CCC(C)(C)c2cc(-c3ccc(-c4cc5c(cc4N(c4ccccc4)c4ccc6c7ccccc7c7ccccc7c6c4)C4(c6ccccc6-c6ccccc64)c4ccccc4-5)cc3)ccc21. The summed E-state index contributed by atoms with van der Waals surface area (Å²) < 4.78 is 0. The molecule has 0 aliphatic heterocycles. The van der Waals surface area contributed by atoms with Crippen LogP contribution in [0.25, 0.3) is 76.8 Å². The van der Waals surface area contributed by atoms with Crippen LogP contribution < -0.4 is 4.90 Å². The van der Waals surface area contributed by atoms with Crippen LogP contribution in [0.3, 0.4) is 0 Å². The molecular weight excluding hydrogens is 843 g/mol. The van der Waals surface area contributed by atoms with Gasteiger partial charge in [0.2, 0.25) is 0 Å². The van der Waals surface area contributed by atoms with E-state index in [2.05, 4.69) is 257 Å². The van der Waals surface area contributed by atoms with Gasteiger partial charge in [-0.3, -0.25) is 0 Å².